The van der Waals surface area contributed by atoms with Crippen LogP contribution in [0, 0.1) is 0 Å². The van der Waals surface area contributed by atoms with Gasteiger partial charge in [0, 0.05) is 12.1 Å². The predicted octanol–water partition coefficient (Wildman–Crippen LogP) is 2.57. The fraction of sp³-hybridized carbons (Fsp3) is 0.600. The van der Waals surface area contributed by atoms with Crippen molar-refractivity contribution in [2.75, 3.05) is 20.2 Å². The molecule has 100 valence electrons. The molecule has 1 aromatic carbocycles. The average Bonchev–Trinajstić information content (AvgIpc) is 2.51. The lowest BCUT2D eigenvalue weighted by atomic mass is 9.96. The van der Waals surface area contributed by atoms with E-state index in [4.69, 9.17) is 10.5 Å². The topological polar surface area (TPSA) is 38.5 Å². The number of benzene rings is 1. The molecule has 2 unspecified atom stereocenters. The van der Waals surface area contributed by atoms with Gasteiger partial charge in [-0.3, -0.25) is 4.90 Å². The van der Waals surface area contributed by atoms with E-state index < -0.39 is 0 Å². The van der Waals surface area contributed by atoms with Crippen LogP contribution in [0.3, 0.4) is 0 Å². The number of likely N-dealkylation sites (tertiary alicyclic amines) is 1. The Morgan fingerprint density at radius 3 is 3.00 bits per heavy atom. The highest BCUT2D eigenvalue weighted by atomic mass is 16.5. The SMILES string of the molecule is CCOc1cccc(C2C(N)CCCCN2C)c1. The summed E-state index contributed by atoms with van der Waals surface area (Å²) in [6, 6.07) is 8.90. The van der Waals surface area contributed by atoms with Crippen LogP contribution in [-0.4, -0.2) is 31.1 Å². The maximum Gasteiger partial charge on any atom is 0.119 e. The quantitative estimate of drug-likeness (QED) is 0.893. The fourth-order valence-electron chi connectivity index (χ4n) is 2.82. The third-order valence-electron chi connectivity index (χ3n) is 3.69. The molecular weight excluding hydrogens is 224 g/mol. The van der Waals surface area contributed by atoms with Crippen LogP contribution in [0.25, 0.3) is 0 Å². The molecule has 0 bridgehead atoms. The van der Waals surface area contributed by atoms with E-state index in [0.717, 1.165) is 18.7 Å². The Morgan fingerprint density at radius 2 is 2.22 bits per heavy atom. The smallest absolute Gasteiger partial charge is 0.119 e. The van der Waals surface area contributed by atoms with Crippen LogP contribution in [0.4, 0.5) is 0 Å². The second-order valence-electron chi connectivity index (χ2n) is 5.09. The Kier molecular flexibility index (Phi) is 4.61. The van der Waals surface area contributed by atoms with Crippen molar-refractivity contribution in [1.29, 1.82) is 0 Å². The molecule has 1 aliphatic heterocycles. The van der Waals surface area contributed by atoms with Gasteiger partial charge >= 0.3 is 0 Å². The van der Waals surface area contributed by atoms with E-state index in [1.807, 2.05) is 13.0 Å². The van der Waals surface area contributed by atoms with Crippen molar-refractivity contribution >= 4 is 0 Å². The van der Waals surface area contributed by atoms with Crippen LogP contribution in [0.1, 0.15) is 37.8 Å². The molecular formula is C15H24N2O. The van der Waals surface area contributed by atoms with Crippen molar-refractivity contribution in [3.8, 4) is 5.75 Å². The molecule has 1 saturated heterocycles. The van der Waals surface area contributed by atoms with E-state index in [9.17, 15) is 0 Å². The minimum atomic E-state index is 0.217. The van der Waals surface area contributed by atoms with E-state index in [2.05, 4.69) is 30.1 Å². The largest absolute Gasteiger partial charge is 0.494 e. The molecule has 1 fully saturated rings. The zero-order chi connectivity index (χ0) is 13.0. The number of hydrogen-bond acceptors (Lipinski definition) is 3. The summed E-state index contributed by atoms with van der Waals surface area (Å²) in [6.07, 6.45) is 3.58. The maximum atomic E-state index is 6.34. The lowest BCUT2D eigenvalue weighted by Gasteiger charge is -2.30. The van der Waals surface area contributed by atoms with Gasteiger partial charge in [-0.05, 0) is 51.1 Å². The minimum absolute atomic E-state index is 0.217. The number of nitrogens with two attached hydrogens (primary N) is 1. The molecule has 0 aromatic heterocycles. The van der Waals surface area contributed by atoms with Gasteiger partial charge in [0.15, 0.2) is 0 Å². The zero-order valence-electron chi connectivity index (χ0n) is 11.4. The van der Waals surface area contributed by atoms with Crippen LogP contribution in [-0.2, 0) is 0 Å². The first-order chi connectivity index (χ1) is 8.72. The Morgan fingerprint density at radius 1 is 1.39 bits per heavy atom. The first kappa shape index (κ1) is 13.4. The van der Waals surface area contributed by atoms with Crippen LogP contribution in [0.15, 0.2) is 24.3 Å². The van der Waals surface area contributed by atoms with Gasteiger partial charge in [0.05, 0.1) is 6.61 Å². The van der Waals surface area contributed by atoms with Gasteiger partial charge in [-0.15, -0.1) is 0 Å². The van der Waals surface area contributed by atoms with Crippen LogP contribution >= 0.6 is 0 Å². The van der Waals surface area contributed by atoms with E-state index in [1.54, 1.807) is 0 Å². The van der Waals surface area contributed by atoms with Gasteiger partial charge in [0.2, 0.25) is 0 Å². The average molecular weight is 248 g/mol. The molecule has 1 aliphatic rings. The Labute approximate surface area is 110 Å². The lowest BCUT2D eigenvalue weighted by Crippen LogP contribution is -2.37. The molecule has 0 amide bonds. The monoisotopic (exact) mass is 248 g/mol. The van der Waals surface area contributed by atoms with Crippen molar-refractivity contribution in [2.45, 2.75) is 38.3 Å². The molecule has 2 rings (SSSR count). The van der Waals surface area contributed by atoms with E-state index >= 15 is 0 Å². The molecule has 1 heterocycles. The summed E-state index contributed by atoms with van der Waals surface area (Å²) >= 11 is 0. The number of ether oxygens (including phenoxy) is 1. The number of rotatable bonds is 3. The minimum Gasteiger partial charge on any atom is -0.494 e. The maximum absolute atomic E-state index is 6.34. The van der Waals surface area contributed by atoms with Crippen LogP contribution in [0.2, 0.25) is 0 Å². The van der Waals surface area contributed by atoms with Crippen molar-refractivity contribution in [3.63, 3.8) is 0 Å². The molecule has 3 nitrogen and oxygen atoms in total. The molecule has 0 aliphatic carbocycles. The van der Waals surface area contributed by atoms with Crippen LogP contribution in [0.5, 0.6) is 5.75 Å². The van der Waals surface area contributed by atoms with Crippen molar-refractivity contribution < 1.29 is 4.74 Å². The Bertz CT molecular complexity index is 369. The van der Waals surface area contributed by atoms with Gasteiger partial charge in [-0.25, -0.2) is 0 Å². The number of nitrogens with zero attached hydrogens (tertiary/aromatic N) is 1. The molecule has 0 saturated carbocycles. The normalized spacial score (nSPS) is 25.7. The predicted molar refractivity (Wildman–Crippen MR) is 74.8 cm³/mol. The molecule has 1 aromatic rings. The summed E-state index contributed by atoms with van der Waals surface area (Å²) in [7, 11) is 2.17. The molecule has 2 atom stereocenters. The van der Waals surface area contributed by atoms with Crippen molar-refractivity contribution in [1.82, 2.24) is 4.90 Å². The second kappa shape index (κ2) is 6.21. The van der Waals surface area contributed by atoms with E-state index in [1.165, 1.54) is 18.4 Å². The highest BCUT2D eigenvalue weighted by molar-refractivity contribution is 5.31. The van der Waals surface area contributed by atoms with Gasteiger partial charge < -0.3 is 10.5 Å². The van der Waals surface area contributed by atoms with Gasteiger partial charge in [0.25, 0.3) is 0 Å². The molecule has 3 heteroatoms. The summed E-state index contributed by atoms with van der Waals surface area (Å²) in [6.45, 7) is 3.84. The first-order valence-corrected chi connectivity index (χ1v) is 6.91. The molecule has 2 N–H and O–H groups in total. The summed E-state index contributed by atoms with van der Waals surface area (Å²) < 4.78 is 5.58. The highest BCUT2D eigenvalue weighted by Gasteiger charge is 2.26. The summed E-state index contributed by atoms with van der Waals surface area (Å²) in [5, 5.41) is 0. The fourth-order valence-corrected chi connectivity index (χ4v) is 2.82. The van der Waals surface area contributed by atoms with Crippen molar-refractivity contribution in [3.05, 3.63) is 29.8 Å². The standard InChI is InChI=1S/C15H24N2O/c1-3-18-13-8-6-7-12(11-13)15-14(16)9-4-5-10-17(15)2/h6-8,11,14-15H,3-5,9-10,16H2,1-2H3. The molecule has 18 heavy (non-hydrogen) atoms. The first-order valence-electron chi connectivity index (χ1n) is 6.91. The third kappa shape index (κ3) is 3.03. The van der Waals surface area contributed by atoms with Gasteiger partial charge in [-0.1, -0.05) is 18.6 Å². The number of hydrogen-bond donors (Lipinski definition) is 1. The zero-order valence-corrected chi connectivity index (χ0v) is 11.4. The summed E-state index contributed by atoms with van der Waals surface area (Å²) in [4.78, 5) is 2.38. The summed E-state index contributed by atoms with van der Waals surface area (Å²) in [5.41, 5.74) is 7.62. The molecule has 0 radical (unpaired) electrons. The van der Waals surface area contributed by atoms with Gasteiger partial charge in [0.1, 0.15) is 5.75 Å². The highest BCUT2D eigenvalue weighted by Crippen LogP contribution is 2.30. The second-order valence-corrected chi connectivity index (χ2v) is 5.09. The van der Waals surface area contributed by atoms with Crippen LogP contribution < -0.4 is 10.5 Å². The van der Waals surface area contributed by atoms with Gasteiger partial charge in [-0.2, -0.15) is 0 Å². The molecule has 0 spiro atoms. The lowest BCUT2D eigenvalue weighted by molar-refractivity contribution is 0.229. The number of likely N-dealkylation sites (N-methyl/N-ethyl adjacent to an activating group) is 1. The third-order valence-corrected chi connectivity index (χ3v) is 3.69. The van der Waals surface area contributed by atoms with E-state index in [-0.39, 0.29) is 6.04 Å². The van der Waals surface area contributed by atoms with E-state index in [0.29, 0.717) is 12.6 Å². The Balaban J connectivity index is 2.23. The summed E-state index contributed by atoms with van der Waals surface area (Å²) in [5.74, 6) is 0.944. The van der Waals surface area contributed by atoms with Crippen molar-refractivity contribution in [2.24, 2.45) is 5.73 Å². The Hall–Kier alpha value is -1.06.